The van der Waals surface area contributed by atoms with E-state index in [2.05, 4.69) is 33.8 Å². The lowest BCUT2D eigenvalue weighted by Gasteiger charge is -2.08. The maximum absolute atomic E-state index is 4.26. The Morgan fingerprint density at radius 2 is 1.93 bits per heavy atom. The van der Waals surface area contributed by atoms with Gasteiger partial charge >= 0.3 is 0 Å². The summed E-state index contributed by atoms with van der Waals surface area (Å²) in [6.45, 7) is 4.27. The predicted octanol–water partition coefficient (Wildman–Crippen LogP) is 1.93. The van der Waals surface area contributed by atoms with E-state index in [0.29, 0.717) is 11.6 Å². The molecule has 0 N–H and O–H groups in total. The largest absolute Gasteiger partial charge is 0.249 e. The number of rotatable bonds is 2. The van der Waals surface area contributed by atoms with E-state index < -0.39 is 0 Å². The zero-order valence-electron chi connectivity index (χ0n) is 8.31. The first-order valence-electron chi connectivity index (χ1n) is 4.74. The van der Waals surface area contributed by atoms with Gasteiger partial charge in [-0.25, -0.2) is 19.9 Å². The lowest BCUT2D eigenvalue weighted by molar-refractivity contribution is 0.710. The van der Waals surface area contributed by atoms with Crippen LogP contribution in [0.4, 0.5) is 0 Å². The first-order chi connectivity index (χ1) is 6.83. The summed E-state index contributed by atoms with van der Waals surface area (Å²) in [6.07, 6.45) is 5.93. The van der Waals surface area contributed by atoms with Crippen LogP contribution in [0.1, 0.15) is 31.9 Å². The summed E-state index contributed by atoms with van der Waals surface area (Å²) in [5.41, 5.74) is 2.49. The van der Waals surface area contributed by atoms with Gasteiger partial charge in [-0.2, -0.15) is 0 Å². The van der Waals surface area contributed by atoms with Crippen molar-refractivity contribution in [2.75, 3.05) is 0 Å². The molecule has 0 spiro atoms. The third-order valence-corrected chi connectivity index (χ3v) is 2.38. The van der Waals surface area contributed by atoms with Crippen LogP contribution in [0.3, 0.4) is 0 Å². The van der Waals surface area contributed by atoms with Gasteiger partial charge in [0.15, 0.2) is 5.65 Å². The van der Waals surface area contributed by atoms with Gasteiger partial charge in [-0.05, 0) is 6.42 Å². The molecule has 4 heteroatoms. The normalized spacial score (nSPS) is 13.0. The molecule has 2 heterocycles. The van der Waals surface area contributed by atoms with Crippen molar-refractivity contribution in [3.8, 4) is 0 Å². The van der Waals surface area contributed by atoms with Gasteiger partial charge in [0, 0.05) is 18.3 Å². The van der Waals surface area contributed by atoms with Gasteiger partial charge in [0.05, 0.1) is 5.69 Å². The lowest BCUT2D eigenvalue weighted by Crippen LogP contribution is -2.00. The summed E-state index contributed by atoms with van der Waals surface area (Å²) in [7, 11) is 0. The molecule has 0 radical (unpaired) electrons. The molecular weight excluding hydrogens is 176 g/mol. The van der Waals surface area contributed by atoms with Crippen molar-refractivity contribution in [3.05, 3.63) is 24.4 Å². The van der Waals surface area contributed by atoms with Gasteiger partial charge in [0.2, 0.25) is 0 Å². The molecule has 2 aromatic rings. The van der Waals surface area contributed by atoms with Crippen molar-refractivity contribution < 1.29 is 0 Å². The maximum Gasteiger partial charge on any atom is 0.181 e. The monoisotopic (exact) mass is 188 g/mol. The Morgan fingerprint density at radius 1 is 1.14 bits per heavy atom. The zero-order valence-corrected chi connectivity index (χ0v) is 8.31. The molecule has 0 aliphatic rings. The second-order valence-electron chi connectivity index (χ2n) is 3.30. The Balaban J connectivity index is 2.65. The van der Waals surface area contributed by atoms with Crippen molar-refractivity contribution >= 4 is 11.2 Å². The molecule has 0 aromatic carbocycles. The molecule has 0 saturated heterocycles. The van der Waals surface area contributed by atoms with E-state index in [1.807, 2.05) is 0 Å². The van der Waals surface area contributed by atoms with Gasteiger partial charge in [-0.15, -0.1) is 0 Å². The van der Waals surface area contributed by atoms with E-state index in [0.717, 1.165) is 17.6 Å². The van der Waals surface area contributed by atoms with E-state index >= 15 is 0 Å². The van der Waals surface area contributed by atoms with Crippen LogP contribution in [0.2, 0.25) is 0 Å². The highest BCUT2D eigenvalue weighted by Crippen LogP contribution is 2.20. The highest BCUT2D eigenvalue weighted by Gasteiger charge is 2.10. The summed E-state index contributed by atoms with van der Waals surface area (Å²) < 4.78 is 0. The Bertz CT molecular complexity index is 436. The van der Waals surface area contributed by atoms with Gasteiger partial charge in [0.25, 0.3) is 0 Å². The summed E-state index contributed by atoms with van der Waals surface area (Å²) >= 11 is 0. The standard InChI is InChI=1S/C10H12N4/c1-3-7(2)8-9-10(14-6-13-8)12-5-4-11-9/h4-7H,3H2,1-2H3. The van der Waals surface area contributed by atoms with Crippen LogP contribution in [0.25, 0.3) is 11.2 Å². The molecule has 1 atom stereocenters. The van der Waals surface area contributed by atoms with Gasteiger partial charge in [-0.3, -0.25) is 0 Å². The third-order valence-electron chi connectivity index (χ3n) is 2.38. The maximum atomic E-state index is 4.26. The average Bonchev–Trinajstić information content (AvgIpc) is 2.27. The number of nitrogens with zero attached hydrogens (tertiary/aromatic N) is 4. The number of hydrogen-bond donors (Lipinski definition) is 0. The molecule has 0 aliphatic carbocycles. The Morgan fingerprint density at radius 3 is 2.71 bits per heavy atom. The van der Waals surface area contributed by atoms with Gasteiger partial charge in [-0.1, -0.05) is 13.8 Å². The van der Waals surface area contributed by atoms with Crippen LogP contribution < -0.4 is 0 Å². The van der Waals surface area contributed by atoms with E-state index in [-0.39, 0.29) is 0 Å². The van der Waals surface area contributed by atoms with Crippen molar-refractivity contribution in [2.45, 2.75) is 26.2 Å². The lowest BCUT2D eigenvalue weighted by atomic mass is 10.0. The van der Waals surface area contributed by atoms with E-state index in [1.54, 1.807) is 18.7 Å². The van der Waals surface area contributed by atoms with Crippen LogP contribution in [-0.4, -0.2) is 19.9 Å². The van der Waals surface area contributed by atoms with Crippen LogP contribution in [0.15, 0.2) is 18.7 Å². The smallest absolute Gasteiger partial charge is 0.181 e. The van der Waals surface area contributed by atoms with Crippen LogP contribution in [0, 0.1) is 0 Å². The topological polar surface area (TPSA) is 51.6 Å². The fourth-order valence-corrected chi connectivity index (χ4v) is 1.37. The second-order valence-corrected chi connectivity index (χ2v) is 3.30. The summed E-state index contributed by atoms with van der Waals surface area (Å²) in [5.74, 6) is 0.400. The fraction of sp³-hybridized carbons (Fsp3) is 0.400. The molecule has 0 fully saturated rings. The number of fused-ring (bicyclic) bond motifs is 1. The van der Waals surface area contributed by atoms with Crippen molar-refractivity contribution in [1.29, 1.82) is 0 Å². The molecule has 2 rings (SSSR count). The molecule has 0 bridgehead atoms. The molecule has 4 nitrogen and oxygen atoms in total. The van der Waals surface area contributed by atoms with Gasteiger partial charge < -0.3 is 0 Å². The highest BCUT2D eigenvalue weighted by molar-refractivity contribution is 5.71. The minimum atomic E-state index is 0.400. The molecule has 2 aromatic heterocycles. The van der Waals surface area contributed by atoms with Crippen LogP contribution in [-0.2, 0) is 0 Å². The summed E-state index contributed by atoms with van der Waals surface area (Å²) in [4.78, 5) is 16.7. The second kappa shape index (κ2) is 3.65. The average molecular weight is 188 g/mol. The Labute approximate surface area is 82.5 Å². The molecule has 0 saturated carbocycles. The molecule has 14 heavy (non-hydrogen) atoms. The third kappa shape index (κ3) is 1.43. The fourth-order valence-electron chi connectivity index (χ4n) is 1.37. The quantitative estimate of drug-likeness (QED) is 0.722. The minimum absolute atomic E-state index is 0.400. The summed E-state index contributed by atoms with van der Waals surface area (Å²) in [5, 5.41) is 0. The van der Waals surface area contributed by atoms with E-state index in [1.165, 1.54) is 0 Å². The van der Waals surface area contributed by atoms with Crippen LogP contribution in [0.5, 0.6) is 0 Å². The molecule has 1 unspecified atom stereocenters. The first-order valence-corrected chi connectivity index (χ1v) is 4.74. The van der Waals surface area contributed by atoms with E-state index in [9.17, 15) is 0 Å². The van der Waals surface area contributed by atoms with Crippen LogP contribution >= 0.6 is 0 Å². The van der Waals surface area contributed by atoms with Crippen molar-refractivity contribution in [1.82, 2.24) is 19.9 Å². The van der Waals surface area contributed by atoms with Crippen molar-refractivity contribution in [2.24, 2.45) is 0 Å². The predicted molar refractivity (Wildman–Crippen MR) is 53.8 cm³/mol. The molecule has 72 valence electrons. The molecule has 0 amide bonds. The Kier molecular flexibility index (Phi) is 2.35. The van der Waals surface area contributed by atoms with Crippen molar-refractivity contribution in [3.63, 3.8) is 0 Å². The highest BCUT2D eigenvalue weighted by atomic mass is 14.9. The summed E-state index contributed by atoms with van der Waals surface area (Å²) in [6, 6.07) is 0. The minimum Gasteiger partial charge on any atom is -0.249 e. The zero-order chi connectivity index (χ0) is 9.97. The SMILES string of the molecule is CCC(C)c1ncnc2nccnc12. The first kappa shape index (κ1) is 8.99. The molecular formula is C10H12N4. The molecule has 0 aliphatic heterocycles. The Hall–Kier alpha value is -1.58. The number of hydrogen-bond acceptors (Lipinski definition) is 4. The van der Waals surface area contributed by atoms with E-state index in [4.69, 9.17) is 0 Å². The van der Waals surface area contributed by atoms with Gasteiger partial charge in [0.1, 0.15) is 11.8 Å². The number of aromatic nitrogens is 4.